The molecule has 1 aromatic rings. The first-order valence-corrected chi connectivity index (χ1v) is 11.7. The van der Waals surface area contributed by atoms with Crippen molar-refractivity contribution in [1.29, 1.82) is 0 Å². The van der Waals surface area contributed by atoms with E-state index in [1.54, 1.807) is 0 Å². The van der Waals surface area contributed by atoms with E-state index in [9.17, 15) is 13.2 Å². The third kappa shape index (κ3) is 3.81. The first-order chi connectivity index (χ1) is 12.4. The fourth-order valence-corrected chi connectivity index (χ4v) is 5.66. The van der Waals surface area contributed by atoms with E-state index < -0.39 is 10.0 Å². The Kier molecular flexibility index (Phi) is 4.82. The van der Waals surface area contributed by atoms with Crippen LogP contribution < -0.4 is 4.72 Å². The summed E-state index contributed by atoms with van der Waals surface area (Å²) in [6.45, 7) is 1.15. The van der Waals surface area contributed by atoms with Gasteiger partial charge in [0.1, 0.15) is 0 Å². The van der Waals surface area contributed by atoms with Crippen molar-refractivity contribution < 1.29 is 13.2 Å². The molecule has 142 valence electrons. The average molecular weight is 377 g/mol. The second-order valence-electron chi connectivity index (χ2n) is 8.22. The monoisotopic (exact) mass is 376 g/mol. The molecule has 1 N–H and O–H groups in total. The van der Waals surface area contributed by atoms with Gasteiger partial charge in [0.05, 0.1) is 6.26 Å². The van der Waals surface area contributed by atoms with E-state index in [0.717, 1.165) is 6.42 Å². The largest absolute Gasteiger partial charge is 0.341 e. The third-order valence-corrected chi connectivity index (χ3v) is 6.94. The summed E-state index contributed by atoms with van der Waals surface area (Å²) in [6.07, 6.45) is 7.98. The zero-order chi connectivity index (χ0) is 18.3. The van der Waals surface area contributed by atoms with Crippen LogP contribution >= 0.6 is 0 Å². The van der Waals surface area contributed by atoms with Gasteiger partial charge < -0.3 is 4.90 Å². The van der Waals surface area contributed by atoms with Crippen molar-refractivity contribution in [3.05, 3.63) is 35.4 Å². The summed E-state index contributed by atoms with van der Waals surface area (Å²) in [6, 6.07) is 8.54. The second-order valence-corrected chi connectivity index (χ2v) is 10.00. The minimum atomic E-state index is -3.22. The Bertz CT molecular complexity index is 786. The van der Waals surface area contributed by atoms with Gasteiger partial charge in [0.15, 0.2) is 0 Å². The van der Waals surface area contributed by atoms with Crippen molar-refractivity contribution in [3.8, 4) is 0 Å². The van der Waals surface area contributed by atoms with Crippen molar-refractivity contribution in [3.63, 3.8) is 0 Å². The Morgan fingerprint density at radius 2 is 1.81 bits per heavy atom. The van der Waals surface area contributed by atoms with E-state index in [4.69, 9.17) is 0 Å². The Balaban J connectivity index is 1.41. The number of carbonyl (C=O) groups excluding carboxylic acids is 1. The van der Waals surface area contributed by atoms with Crippen molar-refractivity contribution in [1.82, 2.24) is 9.62 Å². The molecule has 3 atom stereocenters. The van der Waals surface area contributed by atoms with E-state index in [-0.39, 0.29) is 17.9 Å². The molecule has 0 bridgehead atoms. The highest BCUT2D eigenvalue weighted by Gasteiger charge is 2.48. The van der Waals surface area contributed by atoms with Gasteiger partial charge in [-0.1, -0.05) is 37.1 Å². The van der Waals surface area contributed by atoms with E-state index >= 15 is 0 Å². The number of sulfonamides is 1. The van der Waals surface area contributed by atoms with Crippen LogP contribution in [0.5, 0.6) is 0 Å². The first kappa shape index (κ1) is 18.0. The molecule has 1 aliphatic heterocycles. The summed E-state index contributed by atoms with van der Waals surface area (Å²) in [7, 11) is -3.22. The molecule has 0 unspecified atom stereocenters. The smallest absolute Gasteiger partial charge is 0.226 e. The maximum atomic E-state index is 12.9. The Labute approximate surface area is 156 Å². The Morgan fingerprint density at radius 1 is 1.12 bits per heavy atom. The molecular weight excluding hydrogens is 348 g/mol. The molecule has 4 rings (SSSR count). The molecule has 26 heavy (non-hydrogen) atoms. The molecule has 6 heteroatoms. The molecule has 3 aliphatic rings. The van der Waals surface area contributed by atoms with Crippen LogP contribution in [0.15, 0.2) is 24.3 Å². The number of nitrogens with zero attached hydrogens (tertiary/aromatic N) is 1. The molecule has 2 saturated carbocycles. The molecule has 1 heterocycles. The summed E-state index contributed by atoms with van der Waals surface area (Å²) in [4.78, 5) is 14.7. The summed E-state index contributed by atoms with van der Waals surface area (Å²) >= 11 is 0. The number of hydrogen-bond donors (Lipinski definition) is 1. The molecule has 2 aliphatic carbocycles. The normalized spacial score (nSPS) is 29.3. The maximum Gasteiger partial charge on any atom is 0.226 e. The molecule has 1 saturated heterocycles. The topological polar surface area (TPSA) is 66.5 Å². The van der Waals surface area contributed by atoms with Crippen LogP contribution in [-0.4, -0.2) is 44.6 Å². The minimum absolute atomic E-state index is 0.0783. The zero-order valence-corrected chi connectivity index (χ0v) is 16.2. The van der Waals surface area contributed by atoms with Crippen LogP contribution in [0.1, 0.15) is 61.5 Å². The van der Waals surface area contributed by atoms with Crippen molar-refractivity contribution in [2.75, 3.05) is 19.3 Å². The predicted octanol–water partition coefficient (Wildman–Crippen LogP) is 2.60. The van der Waals surface area contributed by atoms with Gasteiger partial charge in [0.2, 0.25) is 15.9 Å². The first-order valence-electron chi connectivity index (χ1n) is 9.77. The number of amides is 1. The van der Waals surface area contributed by atoms with Crippen LogP contribution in [-0.2, 0) is 14.8 Å². The Morgan fingerprint density at radius 3 is 2.50 bits per heavy atom. The summed E-state index contributed by atoms with van der Waals surface area (Å²) in [5, 5.41) is 0. The molecule has 0 radical (unpaired) electrons. The summed E-state index contributed by atoms with van der Waals surface area (Å²) in [5.74, 6) is 1.29. The fraction of sp³-hybridized carbons (Fsp3) is 0.650. The molecule has 0 aromatic heterocycles. The van der Waals surface area contributed by atoms with Crippen LogP contribution in [0.2, 0.25) is 0 Å². The average Bonchev–Trinajstić information content (AvgIpc) is 2.98. The molecule has 1 amide bonds. The minimum Gasteiger partial charge on any atom is -0.341 e. The van der Waals surface area contributed by atoms with E-state index in [2.05, 4.69) is 29.0 Å². The van der Waals surface area contributed by atoms with Crippen molar-refractivity contribution in [2.24, 2.45) is 5.92 Å². The van der Waals surface area contributed by atoms with Gasteiger partial charge in [-0.2, -0.15) is 0 Å². The van der Waals surface area contributed by atoms with E-state index in [0.29, 0.717) is 31.3 Å². The lowest BCUT2D eigenvalue weighted by molar-refractivity contribution is -0.131. The molecule has 0 spiro atoms. The molecule has 5 nitrogen and oxygen atoms in total. The maximum absolute atomic E-state index is 12.9. The number of carbonyl (C=O) groups is 1. The highest BCUT2D eigenvalue weighted by Crippen LogP contribution is 2.52. The Hall–Kier alpha value is -1.40. The quantitative estimate of drug-likeness (QED) is 0.859. The summed E-state index contributed by atoms with van der Waals surface area (Å²) < 4.78 is 25.4. The van der Waals surface area contributed by atoms with Crippen LogP contribution in [0.3, 0.4) is 0 Å². The highest BCUT2D eigenvalue weighted by molar-refractivity contribution is 7.88. The van der Waals surface area contributed by atoms with Crippen LogP contribution in [0.25, 0.3) is 0 Å². The van der Waals surface area contributed by atoms with Crippen LogP contribution in [0, 0.1) is 5.92 Å². The van der Waals surface area contributed by atoms with E-state index in [1.807, 2.05) is 4.90 Å². The highest BCUT2D eigenvalue weighted by atomic mass is 32.2. The number of likely N-dealkylation sites (tertiary alicyclic amines) is 1. The number of nitrogens with one attached hydrogen (secondary N) is 1. The van der Waals surface area contributed by atoms with Gasteiger partial charge in [-0.15, -0.1) is 0 Å². The zero-order valence-electron chi connectivity index (χ0n) is 15.4. The standard InChI is InChI=1S/C20H28N2O3S/c1-26(24,25)21-15-10-11-22(13-15)20(23)19-12-18(19)17-9-5-4-8-16(17)14-6-2-3-7-14/h4-5,8-9,14-15,18-19,21H,2-3,6-7,10-13H2,1H3/t15-,18+,19-/m1/s1. The van der Waals surface area contributed by atoms with Gasteiger partial charge >= 0.3 is 0 Å². The van der Waals surface area contributed by atoms with Crippen molar-refractivity contribution >= 4 is 15.9 Å². The second kappa shape index (κ2) is 6.97. The van der Waals surface area contributed by atoms with E-state index in [1.165, 1.54) is 43.1 Å². The molecule has 1 aromatic carbocycles. The fourth-order valence-electron chi connectivity index (χ4n) is 4.86. The summed E-state index contributed by atoms with van der Waals surface area (Å²) in [5.41, 5.74) is 2.84. The third-order valence-electron chi connectivity index (χ3n) is 6.18. The molecular formula is C20H28N2O3S. The van der Waals surface area contributed by atoms with Gasteiger partial charge in [-0.25, -0.2) is 13.1 Å². The van der Waals surface area contributed by atoms with Gasteiger partial charge in [-0.3, -0.25) is 4.79 Å². The lowest BCUT2D eigenvalue weighted by Gasteiger charge is -2.18. The van der Waals surface area contributed by atoms with Crippen molar-refractivity contribution in [2.45, 2.75) is 56.4 Å². The predicted molar refractivity (Wildman–Crippen MR) is 101 cm³/mol. The van der Waals surface area contributed by atoms with Gasteiger partial charge in [0.25, 0.3) is 0 Å². The lowest BCUT2D eigenvalue weighted by Crippen LogP contribution is -2.38. The van der Waals surface area contributed by atoms with Crippen LogP contribution in [0.4, 0.5) is 0 Å². The lowest BCUT2D eigenvalue weighted by atomic mass is 9.90. The number of rotatable bonds is 5. The number of benzene rings is 1. The SMILES string of the molecule is CS(=O)(=O)N[C@@H]1CCN(C(=O)[C@@H]2C[C@H]2c2ccccc2C2CCCC2)C1. The van der Waals surface area contributed by atoms with Gasteiger partial charge in [0, 0.05) is 25.0 Å². The number of hydrogen-bond acceptors (Lipinski definition) is 3. The van der Waals surface area contributed by atoms with Gasteiger partial charge in [-0.05, 0) is 48.6 Å². The molecule has 3 fully saturated rings.